The molecule has 0 radical (unpaired) electrons. The lowest BCUT2D eigenvalue weighted by atomic mass is 9.96. The highest BCUT2D eigenvalue weighted by molar-refractivity contribution is 5.89. The zero-order chi connectivity index (χ0) is 31.9. The smallest absolute Gasteiger partial charge is 0.123 e. The average Bonchev–Trinajstić information content (AvgIpc) is 3.70. The average molecular weight is 609 g/mol. The van der Waals surface area contributed by atoms with Crippen molar-refractivity contribution >= 4 is 11.4 Å². The van der Waals surface area contributed by atoms with Crippen molar-refractivity contribution in [1.29, 1.82) is 0 Å². The molecule has 46 heavy (non-hydrogen) atoms. The largest absolute Gasteiger partial charge is 0.370 e. The van der Waals surface area contributed by atoms with Gasteiger partial charge in [0, 0.05) is 72.9 Å². The van der Waals surface area contributed by atoms with Gasteiger partial charge >= 0.3 is 0 Å². The number of hydrogen-bond donors (Lipinski definition) is 0. The van der Waals surface area contributed by atoms with Crippen molar-refractivity contribution in [3.63, 3.8) is 0 Å². The number of rotatable bonds is 2. The minimum Gasteiger partial charge on any atom is -0.370 e. The van der Waals surface area contributed by atoms with Gasteiger partial charge in [-0.2, -0.15) is 0 Å². The number of fused-ring (bicyclic) bond motifs is 10. The molecule has 8 nitrogen and oxygen atoms in total. The molecular formula is C38H40N8. The van der Waals surface area contributed by atoms with Crippen LogP contribution < -0.4 is 9.80 Å². The molecule has 0 unspecified atom stereocenters. The van der Waals surface area contributed by atoms with E-state index in [2.05, 4.69) is 169 Å². The second kappa shape index (κ2) is 11.9. The highest BCUT2D eigenvalue weighted by atomic mass is 15.4. The van der Waals surface area contributed by atoms with E-state index in [0.29, 0.717) is 0 Å². The van der Waals surface area contributed by atoms with Gasteiger partial charge in [0.2, 0.25) is 0 Å². The van der Waals surface area contributed by atoms with Crippen LogP contribution in [0.2, 0.25) is 0 Å². The van der Waals surface area contributed by atoms with Crippen molar-refractivity contribution in [1.82, 2.24) is 30.0 Å². The Bertz CT molecular complexity index is 2020. The Hall–Kier alpha value is -5.24. The standard InChI is InChI=1S/2C19H20N4/c1-13(2)23-19-15-9-5-4-8-14(15)12-22(3)17-11-7-6-10-16(17)18(19)20-21-23;1-13(2)23-19-16-10-6-7-11-17(16)22(3)12-14-8-4-5-9-15(14)18(19)20-21-23/h2*4-11,13H,12H2,1-3H3. The SMILES string of the molecule is CC(C)n1nnc2c1-c1ccccc1CN(C)c1ccccc1-2.CC(C)n1nnc2c1-c1ccccc1N(C)Cc1ccccc1-2. The number of anilines is 2. The summed E-state index contributed by atoms with van der Waals surface area (Å²) in [5, 5.41) is 18.0. The molecule has 232 valence electrons. The molecule has 0 aliphatic carbocycles. The summed E-state index contributed by atoms with van der Waals surface area (Å²) in [4.78, 5) is 4.58. The van der Waals surface area contributed by atoms with Gasteiger partial charge < -0.3 is 9.80 Å². The molecule has 2 aromatic heterocycles. The van der Waals surface area contributed by atoms with Crippen LogP contribution in [0.1, 0.15) is 50.9 Å². The Labute approximate surface area is 270 Å². The summed E-state index contributed by atoms with van der Waals surface area (Å²) in [6.45, 7) is 10.3. The fourth-order valence-electron chi connectivity index (χ4n) is 6.65. The first-order valence-corrected chi connectivity index (χ1v) is 16.0. The minimum absolute atomic E-state index is 0.260. The van der Waals surface area contributed by atoms with Gasteiger partial charge in [-0.15, -0.1) is 10.2 Å². The molecule has 0 saturated carbocycles. The monoisotopic (exact) mass is 608 g/mol. The molecule has 4 aromatic carbocycles. The Morgan fingerprint density at radius 3 is 1.43 bits per heavy atom. The van der Waals surface area contributed by atoms with Gasteiger partial charge in [-0.1, -0.05) is 95.4 Å². The van der Waals surface area contributed by atoms with Gasteiger partial charge in [-0.3, -0.25) is 0 Å². The van der Waals surface area contributed by atoms with Gasteiger partial charge in [0.25, 0.3) is 0 Å². The third-order valence-corrected chi connectivity index (χ3v) is 8.87. The van der Waals surface area contributed by atoms with E-state index in [0.717, 1.165) is 41.4 Å². The normalized spacial score (nSPS) is 13.1. The molecule has 0 spiro atoms. The van der Waals surface area contributed by atoms with Gasteiger partial charge in [0.05, 0.1) is 11.4 Å². The van der Waals surface area contributed by atoms with E-state index < -0.39 is 0 Å². The summed E-state index contributed by atoms with van der Waals surface area (Å²) >= 11 is 0. The maximum atomic E-state index is 4.54. The van der Waals surface area contributed by atoms with Crippen LogP contribution >= 0.6 is 0 Å². The fourth-order valence-corrected chi connectivity index (χ4v) is 6.65. The van der Waals surface area contributed by atoms with Crippen LogP contribution in [0.25, 0.3) is 45.0 Å². The van der Waals surface area contributed by atoms with E-state index in [1.165, 1.54) is 39.2 Å². The van der Waals surface area contributed by atoms with Crippen molar-refractivity contribution in [2.75, 3.05) is 23.9 Å². The number of nitrogens with zero attached hydrogens (tertiary/aromatic N) is 8. The van der Waals surface area contributed by atoms with Crippen LogP contribution in [0.3, 0.4) is 0 Å². The number of aromatic nitrogens is 6. The Balaban J connectivity index is 0.000000147. The van der Waals surface area contributed by atoms with Crippen LogP contribution in [0, 0.1) is 0 Å². The van der Waals surface area contributed by atoms with Crippen LogP contribution in [-0.4, -0.2) is 44.1 Å². The minimum atomic E-state index is 0.260. The Morgan fingerprint density at radius 2 is 0.870 bits per heavy atom. The van der Waals surface area contributed by atoms with Crippen LogP contribution in [0.5, 0.6) is 0 Å². The first-order chi connectivity index (χ1) is 22.3. The molecule has 0 atom stereocenters. The number of hydrogen-bond acceptors (Lipinski definition) is 6. The van der Waals surface area contributed by atoms with Gasteiger partial charge in [0.1, 0.15) is 11.4 Å². The summed E-state index contributed by atoms with van der Waals surface area (Å²) in [6.07, 6.45) is 0. The van der Waals surface area contributed by atoms with Gasteiger partial charge in [-0.25, -0.2) is 9.36 Å². The Kier molecular flexibility index (Phi) is 7.64. The highest BCUT2D eigenvalue weighted by Gasteiger charge is 2.27. The lowest BCUT2D eigenvalue weighted by Crippen LogP contribution is -2.20. The molecule has 0 amide bonds. The predicted molar refractivity (Wildman–Crippen MR) is 187 cm³/mol. The first-order valence-electron chi connectivity index (χ1n) is 16.0. The lowest BCUT2D eigenvalue weighted by Gasteiger charge is -2.27. The maximum absolute atomic E-state index is 4.54. The van der Waals surface area contributed by atoms with Crippen molar-refractivity contribution in [3.05, 3.63) is 108 Å². The van der Waals surface area contributed by atoms with E-state index in [1.54, 1.807) is 0 Å². The van der Waals surface area contributed by atoms with Crippen molar-refractivity contribution in [2.45, 2.75) is 52.9 Å². The van der Waals surface area contributed by atoms with E-state index in [4.69, 9.17) is 0 Å². The molecule has 2 aliphatic rings. The second-order valence-electron chi connectivity index (χ2n) is 12.7. The van der Waals surface area contributed by atoms with E-state index in [9.17, 15) is 0 Å². The molecule has 6 aromatic rings. The molecule has 0 fully saturated rings. The van der Waals surface area contributed by atoms with E-state index in [1.807, 2.05) is 9.36 Å². The molecule has 4 heterocycles. The summed E-state index contributed by atoms with van der Waals surface area (Å²) in [7, 11) is 4.28. The van der Waals surface area contributed by atoms with E-state index >= 15 is 0 Å². The van der Waals surface area contributed by atoms with Crippen molar-refractivity contribution in [2.24, 2.45) is 0 Å². The molecule has 8 rings (SSSR count). The van der Waals surface area contributed by atoms with Crippen molar-refractivity contribution < 1.29 is 0 Å². The summed E-state index contributed by atoms with van der Waals surface area (Å²) < 4.78 is 4.07. The van der Waals surface area contributed by atoms with Crippen LogP contribution in [0.15, 0.2) is 97.1 Å². The molecule has 0 saturated heterocycles. The third-order valence-electron chi connectivity index (χ3n) is 8.87. The topological polar surface area (TPSA) is 67.9 Å². The second-order valence-corrected chi connectivity index (χ2v) is 12.7. The molecule has 2 aliphatic heterocycles. The third kappa shape index (κ3) is 5.04. The molecule has 8 heteroatoms. The van der Waals surface area contributed by atoms with Crippen molar-refractivity contribution in [3.8, 4) is 45.0 Å². The quantitative estimate of drug-likeness (QED) is 0.197. The highest BCUT2D eigenvalue weighted by Crippen LogP contribution is 2.42. The number of benzene rings is 4. The van der Waals surface area contributed by atoms with Crippen LogP contribution in [-0.2, 0) is 13.1 Å². The zero-order valence-corrected chi connectivity index (χ0v) is 27.4. The zero-order valence-electron chi connectivity index (χ0n) is 27.4. The molecular weight excluding hydrogens is 568 g/mol. The van der Waals surface area contributed by atoms with E-state index in [-0.39, 0.29) is 12.1 Å². The predicted octanol–water partition coefficient (Wildman–Crippen LogP) is 8.29. The summed E-state index contributed by atoms with van der Waals surface area (Å²) in [6, 6.07) is 34.5. The molecule has 0 N–H and O–H groups in total. The summed E-state index contributed by atoms with van der Waals surface area (Å²) in [5.74, 6) is 0. The fraction of sp³-hybridized carbons (Fsp3) is 0.263. The number of para-hydroxylation sites is 2. The molecule has 0 bridgehead atoms. The maximum Gasteiger partial charge on any atom is 0.123 e. The Morgan fingerprint density at radius 1 is 0.478 bits per heavy atom. The first kappa shape index (κ1) is 29.5. The van der Waals surface area contributed by atoms with Gasteiger partial charge in [0.15, 0.2) is 0 Å². The van der Waals surface area contributed by atoms with Crippen LogP contribution in [0.4, 0.5) is 11.4 Å². The lowest BCUT2D eigenvalue weighted by molar-refractivity contribution is 0.519. The van der Waals surface area contributed by atoms with Gasteiger partial charge in [-0.05, 0) is 51.0 Å². The summed E-state index contributed by atoms with van der Waals surface area (Å²) in [5.41, 5.74) is 13.9.